The van der Waals surface area contributed by atoms with Crippen molar-refractivity contribution >= 4 is 0 Å². The van der Waals surface area contributed by atoms with Crippen molar-refractivity contribution in [1.82, 2.24) is 14.7 Å². The molecule has 0 bridgehead atoms. The standard InChI is InChI=1S/C22H23N3O2/c26-22-20(18-7-3-1-4-8-18)17-21(19-9-5-2-6-10-19)23-25(22)12-11-24-13-15-27-16-14-24/h1-10,17H,11-16H2. The summed E-state index contributed by atoms with van der Waals surface area (Å²) >= 11 is 0. The Morgan fingerprint density at radius 3 is 2.15 bits per heavy atom. The van der Waals surface area contributed by atoms with Gasteiger partial charge < -0.3 is 4.74 Å². The summed E-state index contributed by atoms with van der Waals surface area (Å²) in [5.41, 5.74) is 3.38. The first-order chi connectivity index (χ1) is 13.3. The lowest BCUT2D eigenvalue weighted by molar-refractivity contribution is 0.0358. The van der Waals surface area contributed by atoms with Crippen molar-refractivity contribution in [2.75, 3.05) is 32.8 Å². The van der Waals surface area contributed by atoms with Crippen LogP contribution >= 0.6 is 0 Å². The van der Waals surface area contributed by atoms with E-state index < -0.39 is 0 Å². The van der Waals surface area contributed by atoms with Crippen molar-refractivity contribution < 1.29 is 4.74 Å². The van der Waals surface area contributed by atoms with Crippen molar-refractivity contribution in [1.29, 1.82) is 0 Å². The van der Waals surface area contributed by atoms with E-state index in [1.54, 1.807) is 4.68 Å². The number of benzene rings is 2. The summed E-state index contributed by atoms with van der Waals surface area (Å²) in [5, 5.41) is 4.66. The van der Waals surface area contributed by atoms with Crippen LogP contribution in [0.3, 0.4) is 0 Å². The fourth-order valence-corrected chi connectivity index (χ4v) is 3.33. The van der Waals surface area contributed by atoms with Crippen molar-refractivity contribution in [3.8, 4) is 22.4 Å². The summed E-state index contributed by atoms with van der Waals surface area (Å²) in [6, 6.07) is 21.7. The second kappa shape index (κ2) is 8.29. The Morgan fingerprint density at radius 2 is 1.48 bits per heavy atom. The lowest BCUT2D eigenvalue weighted by Gasteiger charge is -2.26. The average molecular weight is 361 g/mol. The van der Waals surface area contributed by atoms with E-state index in [0.717, 1.165) is 49.7 Å². The van der Waals surface area contributed by atoms with Gasteiger partial charge in [-0.05, 0) is 11.6 Å². The van der Waals surface area contributed by atoms with E-state index in [1.165, 1.54) is 0 Å². The van der Waals surface area contributed by atoms with Crippen LogP contribution in [0.25, 0.3) is 22.4 Å². The summed E-state index contributed by atoms with van der Waals surface area (Å²) in [4.78, 5) is 15.4. The van der Waals surface area contributed by atoms with E-state index in [4.69, 9.17) is 4.74 Å². The molecule has 1 aliphatic rings. The molecule has 2 heterocycles. The highest BCUT2D eigenvalue weighted by Crippen LogP contribution is 2.21. The summed E-state index contributed by atoms with van der Waals surface area (Å²) in [6.07, 6.45) is 0. The maximum absolute atomic E-state index is 13.1. The first kappa shape index (κ1) is 17.6. The number of morpholine rings is 1. The number of hydrogen-bond donors (Lipinski definition) is 0. The van der Waals surface area contributed by atoms with Crippen LogP contribution in [0.5, 0.6) is 0 Å². The number of nitrogens with zero attached hydrogens (tertiary/aromatic N) is 3. The molecule has 4 rings (SSSR count). The molecular weight excluding hydrogens is 338 g/mol. The maximum Gasteiger partial charge on any atom is 0.274 e. The van der Waals surface area contributed by atoms with Crippen molar-refractivity contribution in [2.24, 2.45) is 0 Å². The molecule has 0 N–H and O–H groups in total. The van der Waals surface area contributed by atoms with Gasteiger partial charge in [-0.2, -0.15) is 5.10 Å². The van der Waals surface area contributed by atoms with Crippen LogP contribution in [0, 0.1) is 0 Å². The Hall–Kier alpha value is -2.76. The van der Waals surface area contributed by atoms with Gasteiger partial charge in [0.1, 0.15) is 0 Å². The quantitative estimate of drug-likeness (QED) is 0.701. The summed E-state index contributed by atoms with van der Waals surface area (Å²) in [5.74, 6) is 0. The number of ether oxygens (including phenoxy) is 1. The van der Waals surface area contributed by atoms with Gasteiger partial charge in [-0.25, -0.2) is 4.68 Å². The largest absolute Gasteiger partial charge is 0.379 e. The van der Waals surface area contributed by atoms with Gasteiger partial charge in [-0.15, -0.1) is 0 Å². The van der Waals surface area contributed by atoms with Gasteiger partial charge >= 0.3 is 0 Å². The second-order valence-corrected chi connectivity index (χ2v) is 6.66. The zero-order valence-electron chi connectivity index (χ0n) is 15.3. The van der Waals surface area contributed by atoms with Gasteiger partial charge in [0.05, 0.1) is 31.0 Å². The van der Waals surface area contributed by atoms with Gasteiger partial charge in [-0.3, -0.25) is 9.69 Å². The van der Waals surface area contributed by atoms with E-state index in [9.17, 15) is 4.79 Å². The molecule has 1 aliphatic heterocycles. The van der Waals surface area contributed by atoms with Gasteiger partial charge in [0.2, 0.25) is 0 Å². The molecule has 5 nitrogen and oxygen atoms in total. The van der Waals surface area contributed by atoms with Crippen molar-refractivity contribution in [3.05, 3.63) is 77.1 Å². The molecule has 0 spiro atoms. The fourth-order valence-electron chi connectivity index (χ4n) is 3.33. The van der Waals surface area contributed by atoms with E-state index in [0.29, 0.717) is 12.1 Å². The Morgan fingerprint density at radius 1 is 0.852 bits per heavy atom. The first-order valence-electron chi connectivity index (χ1n) is 9.34. The molecule has 0 amide bonds. The summed E-state index contributed by atoms with van der Waals surface area (Å²) < 4.78 is 7.01. The van der Waals surface area contributed by atoms with Crippen LogP contribution in [0.4, 0.5) is 0 Å². The van der Waals surface area contributed by atoms with Crippen molar-refractivity contribution in [3.63, 3.8) is 0 Å². The summed E-state index contributed by atoms with van der Waals surface area (Å²) in [6.45, 7) is 4.67. The average Bonchev–Trinajstić information content (AvgIpc) is 2.75. The molecular formula is C22H23N3O2. The fraction of sp³-hybridized carbons (Fsp3) is 0.273. The normalized spacial score (nSPS) is 15.0. The topological polar surface area (TPSA) is 47.4 Å². The second-order valence-electron chi connectivity index (χ2n) is 6.66. The van der Waals surface area contributed by atoms with Crippen LogP contribution in [-0.2, 0) is 11.3 Å². The highest BCUT2D eigenvalue weighted by molar-refractivity contribution is 5.69. The van der Waals surface area contributed by atoms with Crippen LogP contribution in [0.2, 0.25) is 0 Å². The highest BCUT2D eigenvalue weighted by atomic mass is 16.5. The third-order valence-electron chi connectivity index (χ3n) is 4.86. The molecule has 0 atom stereocenters. The number of aromatic nitrogens is 2. The minimum absolute atomic E-state index is 0.0471. The number of rotatable bonds is 5. The molecule has 5 heteroatoms. The zero-order chi connectivity index (χ0) is 18.5. The first-order valence-corrected chi connectivity index (χ1v) is 9.34. The van der Waals surface area contributed by atoms with Crippen molar-refractivity contribution in [2.45, 2.75) is 6.54 Å². The Balaban J connectivity index is 1.71. The molecule has 3 aromatic rings. The molecule has 1 aromatic heterocycles. The predicted molar refractivity (Wildman–Crippen MR) is 107 cm³/mol. The lowest BCUT2D eigenvalue weighted by Crippen LogP contribution is -2.39. The molecule has 0 unspecified atom stereocenters. The number of hydrogen-bond acceptors (Lipinski definition) is 4. The zero-order valence-corrected chi connectivity index (χ0v) is 15.3. The Kier molecular flexibility index (Phi) is 5.42. The van der Waals surface area contributed by atoms with E-state index in [2.05, 4.69) is 10.00 Å². The summed E-state index contributed by atoms with van der Waals surface area (Å²) in [7, 11) is 0. The van der Waals surface area contributed by atoms with Gasteiger partial charge in [0.15, 0.2) is 0 Å². The third-order valence-corrected chi connectivity index (χ3v) is 4.86. The van der Waals surface area contributed by atoms with Crippen LogP contribution in [-0.4, -0.2) is 47.5 Å². The molecule has 0 aliphatic carbocycles. The predicted octanol–water partition coefficient (Wildman–Crippen LogP) is 2.91. The van der Waals surface area contributed by atoms with Gasteiger partial charge in [-0.1, -0.05) is 60.7 Å². The van der Waals surface area contributed by atoms with E-state index in [1.807, 2.05) is 66.7 Å². The molecule has 1 fully saturated rings. The maximum atomic E-state index is 13.1. The SMILES string of the molecule is O=c1c(-c2ccccc2)cc(-c2ccccc2)nn1CCN1CCOCC1. The minimum Gasteiger partial charge on any atom is -0.379 e. The molecule has 138 valence electrons. The van der Waals surface area contributed by atoms with E-state index in [-0.39, 0.29) is 5.56 Å². The van der Waals surface area contributed by atoms with Crippen LogP contribution < -0.4 is 5.56 Å². The molecule has 0 radical (unpaired) electrons. The monoisotopic (exact) mass is 361 g/mol. The molecule has 27 heavy (non-hydrogen) atoms. The van der Waals surface area contributed by atoms with E-state index >= 15 is 0 Å². The smallest absolute Gasteiger partial charge is 0.274 e. The van der Waals surface area contributed by atoms with Gasteiger partial charge in [0.25, 0.3) is 5.56 Å². The molecule has 0 saturated carbocycles. The van der Waals surface area contributed by atoms with Crippen LogP contribution in [0.15, 0.2) is 71.5 Å². The molecule has 1 saturated heterocycles. The third kappa shape index (κ3) is 4.15. The van der Waals surface area contributed by atoms with Crippen LogP contribution in [0.1, 0.15) is 0 Å². The highest BCUT2D eigenvalue weighted by Gasteiger charge is 2.14. The Bertz CT molecular complexity index is 933. The molecule has 2 aromatic carbocycles. The van der Waals surface area contributed by atoms with Gasteiger partial charge in [0, 0.05) is 25.2 Å². The Labute approximate surface area is 158 Å². The minimum atomic E-state index is -0.0471. The lowest BCUT2D eigenvalue weighted by atomic mass is 10.0.